The van der Waals surface area contributed by atoms with Gasteiger partial charge >= 0.3 is 0 Å². The second-order valence-corrected chi connectivity index (χ2v) is 6.60. The lowest BCUT2D eigenvalue weighted by Gasteiger charge is -2.31. The second kappa shape index (κ2) is 9.37. The minimum atomic E-state index is -0.00646. The van der Waals surface area contributed by atoms with Crippen molar-refractivity contribution in [3.05, 3.63) is 35.4 Å². The van der Waals surface area contributed by atoms with E-state index in [4.69, 9.17) is 4.74 Å². The molecular weight excluding hydrogens is 326 g/mol. The highest BCUT2D eigenvalue weighted by Gasteiger charge is 2.21. The monoisotopic (exact) mass is 353 g/mol. The van der Waals surface area contributed by atoms with Crippen molar-refractivity contribution < 1.29 is 9.53 Å². The zero-order valence-electron chi connectivity index (χ0n) is 14.3. The van der Waals surface area contributed by atoms with Crippen molar-refractivity contribution in [3.63, 3.8) is 0 Å². The maximum absolute atomic E-state index is 12.1. The molecule has 0 spiro atoms. The molecule has 2 N–H and O–H groups in total. The number of morpholine rings is 1. The van der Waals surface area contributed by atoms with Crippen molar-refractivity contribution in [1.82, 2.24) is 15.5 Å². The Morgan fingerprint density at radius 1 is 1.42 bits per heavy atom. The van der Waals surface area contributed by atoms with Gasteiger partial charge in [0.05, 0.1) is 18.8 Å². The molecule has 0 aliphatic carbocycles. The van der Waals surface area contributed by atoms with Gasteiger partial charge in [0.15, 0.2) is 0 Å². The fourth-order valence-electron chi connectivity index (χ4n) is 3.35. The lowest BCUT2D eigenvalue weighted by Crippen LogP contribution is -2.40. The van der Waals surface area contributed by atoms with Crippen molar-refractivity contribution in [2.75, 3.05) is 26.2 Å². The number of nitrogens with zero attached hydrogens (tertiary/aromatic N) is 1. The van der Waals surface area contributed by atoms with Crippen LogP contribution in [0.3, 0.4) is 0 Å². The molecule has 0 saturated carbocycles. The standard InChI is InChI=1S/C18H27N3O2.ClH/c1-14-12-21(8-9-23-14)13-16-5-2-4-15(10-16)11-20-18(22)17-6-3-7-19-17;/h2,4-5,10,14,17,19H,3,6-9,11-13H2,1H3,(H,20,22);1H/t14?,17-;/m0./s1. The normalized spacial score (nSPS) is 24.4. The van der Waals surface area contributed by atoms with Gasteiger partial charge in [-0.15, -0.1) is 12.4 Å². The lowest BCUT2D eigenvalue weighted by molar-refractivity contribution is -0.122. The number of nitrogens with one attached hydrogen (secondary N) is 2. The van der Waals surface area contributed by atoms with Crippen LogP contribution in [0.4, 0.5) is 0 Å². The zero-order valence-corrected chi connectivity index (χ0v) is 15.1. The summed E-state index contributed by atoms with van der Waals surface area (Å²) in [5.74, 6) is 0.120. The molecule has 0 bridgehead atoms. The summed E-state index contributed by atoms with van der Waals surface area (Å²) in [6, 6.07) is 8.50. The van der Waals surface area contributed by atoms with Gasteiger partial charge in [-0.05, 0) is 37.4 Å². The van der Waals surface area contributed by atoms with E-state index in [1.807, 2.05) is 0 Å². The molecule has 1 unspecified atom stereocenters. The minimum absolute atomic E-state index is 0. The summed E-state index contributed by atoms with van der Waals surface area (Å²) in [7, 11) is 0. The van der Waals surface area contributed by atoms with E-state index in [-0.39, 0.29) is 24.4 Å². The van der Waals surface area contributed by atoms with E-state index < -0.39 is 0 Å². The molecule has 5 nitrogen and oxygen atoms in total. The van der Waals surface area contributed by atoms with Crippen LogP contribution in [0.1, 0.15) is 30.9 Å². The quantitative estimate of drug-likeness (QED) is 0.846. The van der Waals surface area contributed by atoms with Gasteiger partial charge in [0.2, 0.25) is 5.91 Å². The second-order valence-electron chi connectivity index (χ2n) is 6.60. The Morgan fingerprint density at radius 2 is 2.25 bits per heavy atom. The van der Waals surface area contributed by atoms with Crippen molar-refractivity contribution in [2.45, 2.75) is 45.0 Å². The third-order valence-electron chi connectivity index (χ3n) is 4.57. The molecule has 2 heterocycles. The molecule has 0 aromatic heterocycles. The Hall–Kier alpha value is -1.14. The van der Waals surface area contributed by atoms with E-state index in [1.165, 1.54) is 5.56 Å². The lowest BCUT2D eigenvalue weighted by atomic mass is 10.1. The molecule has 1 aromatic carbocycles. The number of carbonyl (C=O) groups is 1. The number of amides is 1. The topological polar surface area (TPSA) is 53.6 Å². The molecule has 24 heavy (non-hydrogen) atoms. The van der Waals surface area contributed by atoms with Crippen molar-refractivity contribution in [2.24, 2.45) is 0 Å². The van der Waals surface area contributed by atoms with Crippen molar-refractivity contribution in [1.29, 1.82) is 0 Å². The number of rotatable bonds is 5. The summed E-state index contributed by atoms with van der Waals surface area (Å²) in [5.41, 5.74) is 2.46. The average Bonchev–Trinajstić information content (AvgIpc) is 3.07. The first-order chi connectivity index (χ1) is 11.2. The Labute approximate surface area is 150 Å². The van der Waals surface area contributed by atoms with Crippen LogP contribution in [0.15, 0.2) is 24.3 Å². The summed E-state index contributed by atoms with van der Waals surface area (Å²) in [5, 5.41) is 6.28. The summed E-state index contributed by atoms with van der Waals surface area (Å²) in [4.78, 5) is 14.5. The third kappa shape index (κ3) is 5.45. The maximum Gasteiger partial charge on any atom is 0.237 e. The number of hydrogen-bond acceptors (Lipinski definition) is 4. The van der Waals surface area contributed by atoms with Crippen LogP contribution in [-0.2, 0) is 22.6 Å². The van der Waals surface area contributed by atoms with E-state index >= 15 is 0 Å². The van der Waals surface area contributed by atoms with E-state index in [1.54, 1.807) is 0 Å². The van der Waals surface area contributed by atoms with Crippen LogP contribution in [0.2, 0.25) is 0 Å². The summed E-state index contributed by atoms with van der Waals surface area (Å²) in [6.45, 7) is 7.39. The highest BCUT2D eigenvalue weighted by Crippen LogP contribution is 2.12. The van der Waals surface area contributed by atoms with Crippen LogP contribution >= 0.6 is 12.4 Å². The Morgan fingerprint density at radius 3 is 3.00 bits per heavy atom. The number of ether oxygens (including phenoxy) is 1. The predicted octanol–water partition coefficient (Wildman–Crippen LogP) is 1.70. The van der Waals surface area contributed by atoms with Gasteiger partial charge in [0.25, 0.3) is 0 Å². The Kier molecular flexibility index (Phi) is 7.49. The first-order valence-electron chi connectivity index (χ1n) is 8.63. The molecule has 1 aromatic rings. The smallest absolute Gasteiger partial charge is 0.237 e. The van der Waals surface area contributed by atoms with Gasteiger partial charge in [-0.1, -0.05) is 24.3 Å². The zero-order chi connectivity index (χ0) is 16.1. The average molecular weight is 354 g/mol. The van der Waals surface area contributed by atoms with Gasteiger partial charge in [-0.25, -0.2) is 0 Å². The fourth-order valence-corrected chi connectivity index (χ4v) is 3.35. The Balaban J connectivity index is 0.00000208. The fraction of sp³-hybridized carbons (Fsp3) is 0.611. The molecule has 134 valence electrons. The first-order valence-corrected chi connectivity index (χ1v) is 8.63. The highest BCUT2D eigenvalue weighted by atomic mass is 35.5. The molecular formula is C18H28ClN3O2. The molecule has 2 atom stereocenters. The van der Waals surface area contributed by atoms with Crippen molar-refractivity contribution in [3.8, 4) is 0 Å². The van der Waals surface area contributed by atoms with E-state index in [2.05, 4.69) is 46.7 Å². The summed E-state index contributed by atoms with van der Waals surface area (Å²) >= 11 is 0. The summed E-state index contributed by atoms with van der Waals surface area (Å²) in [6.07, 6.45) is 2.34. The first kappa shape index (κ1) is 19.2. The number of benzene rings is 1. The number of carbonyl (C=O) groups excluding carboxylic acids is 1. The SMILES string of the molecule is CC1CN(Cc2cccc(CNC(=O)[C@@H]3CCCN3)c2)CCO1.Cl. The van der Waals surface area contributed by atoms with Gasteiger partial charge in [-0.3, -0.25) is 9.69 Å². The molecule has 2 fully saturated rings. The third-order valence-corrected chi connectivity index (χ3v) is 4.57. The Bertz CT molecular complexity index is 535. The molecule has 0 radical (unpaired) electrons. The minimum Gasteiger partial charge on any atom is -0.376 e. The molecule has 6 heteroatoms. The molecule has 2 aliphatic heterocycles. The van der Waals surface area contributed by atoms with E-state index in [0.29, 0.717) is 12.6 Å². The number of hydrogen-bond donors (Lipinski definition) is 2. The van der Waals surface area contributed by atoms with E-state index in [0.717, 1.165) is 51.2 Å². The molecule has 1 amide bonds. The van der Waals surface area contributed by atoms with Crippen LogP contribution in [0.25, 0.3) is 0 Å². The van der Waals surface area contributed by atoms with Gasteiger partial charge in [-0.2, -0.15) is 0 Å². The van der Waals surface area contributed by atoms with E-state index in [9.17, 15) is 4.79 Å². The molecule has 2 aliphatic rings. The van der Waals surface area contributed by atoms with Gasteiger partial charge in [0, 0.05) is 26.2 Å². The van der Waals surface area contributed by atoms with Crippen LogP contribution < -0.4 is 10.6 Å². The summed E-state index contributed by atoms with van der Waals surface area (Å²) < 4.78 is 5.59. The number of halogens is 1. The van der Waals surface area contributed by atoms with Crippen molar-refractivity contribution >= 4 is 18.3 Å². The predicted molar refractivity (Wildman–Crippen MR) is 97.3 cm³/mol. The van der Waals surface area contributed by atoms with Gasteiger partial charge < -0.3 is 15.4 Å². The maximum atomic E-state index is 12.1. The van der Waals surface area contributed by atoms with Crippen LogP contribution in [0, 0.1) is 0 Å². The van der Waals surface area contributed by atoms with Crippen LogP contribution in [-0.4, -0.2) is 49.2 Å². The highest BCUT2D eigenvalue weighted by molar-refractivity contribution is 5.85. The molecule has 2 saturated heterocycles. The molecule has 3 rings (SSSR count). The van der Waals surface area contributed by atoms with Crippen LogP contribution in [0.5, 0.6) is 0 Å². The van der Waals surface area contributed by atoms with Gasteiger partial charge in [0.1, 0.15) is 0 Å². The largest absolute Gasteiger partial charge is 0.376 e.